The maximum atomic E-state index is 13.2. The Balaban J connectivity index is 1.77. The van der Waals surface area contributed by atoms with Crippen molar-refractivity contribution in [3.05, 3.63) is 83.2 Å². The molecule has 0 saturated carbocycles. The first-order valence-electron chi connectivity index (χ1n) is 9.18. The standard InChI is InChI=1S/C23H17FN2O3S/c1-26-22(28)19(21(27)25-23(26)30)12-18-17-5-3-2-4-15(17)8-11-20(18)29-13-14-6-9-16(24)10-7-14/h2-12H,13H2,1H3,(H,25,27,30)/b19-12+. The Labute approximate surface area is 177 Å². The van der Waals surface area contributed by atoms with Gasteiger partial charge in [-0.3, -0.25) is 19.8 Å². The highest BCUT2D eigenvalue weighted by molar-refractivity contribution is 7.80. The second kappa shape index (κ2) is 8.04. The molecule has 0 unspecified atom stereocenters. The Hall–Kier alpha value is -3.58. The molecule has 1 saturated heterocycles. The van der Waals surface area contributed by atoms with Crippen LogP contribution in [0.15, 0.2) is 66.2 Å². The smallest absolute Gasteiger partial charge is 0.265 e. The van der Waals surface area contributed by atoms with Crippen LogP contribution in [0.1, 0.15) is 11.1 Å². The van der Waals surface area contributed by atoms with E-state index >= 15 is 0 Å². The normalized spacial score (nSPS) is 15.6. The van der Waals surface area contributed by atoms with Crippen molar-refractivity contribution >= 4 is 46.0 Å². The van der Waals surface area contributed by atoms with Gasteiger partial charge < -0.3 is 4.74 Å². The number of likely N-dealkylation sites (N-methyl/N-ethyl adjacent to an activating group) is 1. The van der Waals surface area contributed by atoms with E-state index in [1.54, 1.807) is 18.2 Å². The second-order valence-corrected chi connectivity index (χ2v) is 7.18. The lowest BCUT2D eigenvalue weighted by atomic mass is 10.00. The first kappa shape index (κ1) is 19.7. The Morgan fingerprint density at radius 3 is 2.57 bits per heavy atom. The number of fused-ring (bicyclic) bond motifs is 1. The first-order valence-corrected chi connectivity index (χ1v) is 9.59. The molecule has 0 bridgehead atoms. The maximum Gasteiger partial charge on any atom is 0.265 e. The number of benzene rings is 3. The number of ether oxygens (including phenoxy) is 1. The van der Waals surface area contributed by atoms with E-state index < -0.39 is 11.8 Å². The van der Waals surface area contributed by atoms with Crippen molar-refractivity contribution in [2.75, 3.05) is 7.05 Å². The van der Waals surface area contributed by atoms with E-state index in [9.17, 15) is 14.0 Å². The van der Waals surface area contributed by atoms with Gasteiger partial charge in [0.15, 0.2) is 5.11 Å². The fourth-order valence-corrected chi connectivity index (χ4v) is 3.36. The summed E-state index contributed by atoms with van der Waals surface area (Å²) in [5.74, 6) is -0.859. The van der Waals surface area contributed by atoms with Crippen molar-refractivity contribution < 1.29 is 18.7 Å². The molecule has 3 aromatic rings. The monoisotopic (exact) mass is 420 g/mol. The summed E-state index contributed by atoms with van der Waals surface area (Å²) in [5.41, 5.74) is 1.36. The van der Waals surface area contributed by atoms with E-state index in [0.717, 1.165) is 16.3 Å². The average Bonchev–Trinajstić information content (AvgIpc) is 2.75. The molecule has 2 amide bonds. The molecule has 1 aliphatic heterocycles. The molecule has 1 N–H and O–H groups in total. The minimum atomic E-state index is -0.555. The zero-order valence-electron chi connectivity index (χ0n) is 16.0. The van der Waals surface area contributed by atoms with E-state index in [1.807, 2.05) is 30.3 Å². The molecule has 0 atom stereocenters. The van der Waals surface area contributed by atoms with E-state index in [4.69, 9.17) is 17.0 Å². The number of hydrogen-bond acceptors (Lipinski definition) is 4. The van der Waals surface area contributed by atoms with Gasteiger partial charge in [0.1, 0.15) is 23.7 Å². The van der Waals surface area contributed by atoms with Gasteiger partial charge >= 0.3 is 0 Å². The molecule has 7 heteroatoms. The van der Waals surface area contributed by atoms with E-state index in [-0.39, 0.29) is 23.1 Å². The van der Waals surface area contributed by atoms with Gasteiger partial charge in [-0.15, -0.1) is 0 Å². The van der Waals surface area contributed by atoms with E-state index in [0.29, 0.717) is 11.3 Å². The highest BCUT2D eigenvalue weighted by Crippen LogP contribution is 2.31. The molecule has 30 heavy (non-hydrogen) atoms. The predicted molar refractivity (Wildman–Crippen MR) is 116 cm³/mol. The zero-order valence-corrected chi connectivity index (χ0v) is 16.8. The third kappa shape index (κ3) is 3.79. The van der Waals surface area contributed by atoms with Crippen molar-refractivity contribution in [3.63, 3.8) is 0 Å². The van der Waals surface area contributed by atoms with Crippen LogP contribution in [0.5, 0.6) is 5.75 Å². The fraction of sp³-hybridized carbons (Fsp3) is 0.0870. The number of nitrogens with zero attached hydrogens (tertiary/aromatic N) is 1. The van der Waals surface area contributed by atoms with Crippen molar-refractivity contribution in [2.24, 2.45) is 0 Å². The molecule has 1 aliphatic rings. The Morgan fingerprint density at radius 1 is 1.07 bits per heavy atom. The molecule has 1 heterocycles. The summed E-state index contributed by atoms with van der Waals surface area (Å²) < 4.78 is 19.1. The highest BCUT2D eigenvalue weighted by Gasteiger charge is 2.31. The third-order valence-electron chi connectivity index (χ3n) is 4.83. The maximum absolute atomic E-state index is 13.2. The van der Waals surface area contributed by atoms with Gasteiger partial charge in [0.25, 0.3) is 11.8 Å². The number of hydrogen-bond donors (Lipinski definition) is 1. The number of amides is 2. The molecule has 4 rings (SSSR count). The largest absolute Gasteiger partial charge is 0.488 e. The minimum absolute atomic E-state index is 0.0333. The summed E-state index contributed by atoms with van der Waals surface area (Å²) in [5, 5.41) is 4.34. The van der Waals surface area contributed by atoms with Crippen LogP contribution in [0, 0.1) is 5.82 Å². The lowest BCUT2D eigenvalue weighted by Crippen LogP contribution is -2.52. The molecule has 3 aromatic carbocycles. The van der Waals surface area contributed by atoms with Crippen LogP contribution in [-0.2, 0) is 16.2 Å². The molecular weight excluding hydrogens is 403 g/mol. The summed E-state index contributed by atoms with van der Waals surface area (Å²) in [7, 11) is 1.51. The van der Waals surface area contributed by atoms with Gasteiger partial charge in [-0.2, -0.15) is 0 Å². The highest BCUT2D eigenvalue weighted by atomic mass is 32.1. The van der Waals surface area contributed by atoms with Crippen LogP contribution in [0.4, 0.5) is 4.39 Å². The fourth-order valence-electron chi connectivity index (χ4n) is 3.18. The number of halogens is 1. The quantitative estimate of drug-likeness (QED) is 0.396. The Kier molecular flexibility index (Phi) is 5.29. The Bertz CT molecular complexity index is 1200. The van der Waals surface area contributed by atoms with Gasteiger partial charge in [-0.1, -0.05) is 42.5 Å². The topological polar surface area (TPSA) is 58.6 Å². The summed E-state index contributed by atoms with van der Waals surface area (Å²) in [6.45, 7) is 0.207. The van der Waals surface area contributed by atoms with Crippen molar-refractivity contribution in [1.29, 1.82) is 0 Å². The number of nitrogens with one attached hydrogen (secondary N) is 1. The number of carbonyl (C=O) groups is 2. The first-order chi connectivity index (χ1) is 14.4. The van der Waals surface area contributed by atoms with Crippen molar-refractivity contribution in [2.45, 2.75) is 6.61 Å². The van der Waals surface area contributed by atoms with Crippen LogP contribution in [0.2, 0.25) is 0 Å². The molecule has 0 radical (unpaired) electrons. The SMILES string of the molecule is CN1C(=O)/C(=C/c2c(OCc3ccc(F)cc3)ccc3ccccc23)C(=O)NC1=S. The van der Waals surface area contributed by atoms with Gasteiger partial charge in [0.2, 0.25) is 0 Å². The van der Waals surface area contributed by atoms with Gasteiger partial charge in [-0.05, 0) is 52.8 Å². The van der Waals surface area contributed by atoms with Crippen LogP contribution < -0.4 is 10.1 Å². The summed E-state index contributed by atoms with van der Waals surface area (Å²) in [4.78, 5) is 26.3. The van der Waals surface area contributed by atoms with Crippen LogP contribution in [0.3, 0.4) is 0 Å². The average molecular weight is 420 g/mol. The minimum Gasteiger partial charge on any atom is -0.488 e. The molecule has 0 spiro atoms. The molecular formula is C23H17FN2O3S. The lowest BCUT2D eigenvalue weighted by Gasteiger charge is -2.25. The number of rotatable bonds is 4. The summed E-state index contributed by atoms with van der Waals surface area (Å²) >= 11 is 5.00. The van der Waals surface area contributed by atoms with Crippen molar-refractivity contribution in [1.82, 2.24) is 10.2 Å². The molecule has 0 aliphatic carbocycles. The molecule has 150 valence electrons. The lowest BCUT2D eigenvalue weighted by molar-refractivity contribution is -0.128. The van der Waals surface area contributed by atoms with Crippen molar-refractivity contribution in [3.8, 4) is 5.75 Å². The third-order valence-corrected chi connectivity index (χ3v) is 5.21. The number of carbonyl (C=O) groups excluding carboxylic acids is 2. The summed E-state index contributed by atoms with van der Waals surface area (Å²) in [6, 6.07) is 17.3. The van der Waals surface area contributed by atoms with Crippen LogP contribution in [-0.4, -0.2) is 28.9 Å². The van der Waals surface area contributed by atoms with E-state index in [1.165, 1.54) is 30.2 Å². The van der Waals surface area contributed by atoms with Crippen LogP contribution in [0.25, 0.3) is 16.8 Å². The van der Waals surface area contributed by atoms with Gasteiger partial charge in [0, 0.05) is 12.6 Å². The summed E-state index contributed by atoms with van der Waals surface area (Å²) in [6.07, 6.45) is 1.53. The molecule has 5 nitrogen and oxygen atoms in total. The zero-order chi connectivity index (χ0) is 21.3. The number of thiocarbonyl (C=S) groups is 1. The predicted octanol–water partition coefficient (Wildman–Crippen LogP) is 3.81. The Morgan fingerprint density at radius 2 is 1.80 bits per heavy atom. The van der Waals surface area contributed by atoms with Gasteiger partial charge in [-0.25, -0.2) is 4.39 Å². The second-order valence-electron chi connectivity index (χ2n) is 6.80. The van der Waals surface area contributed by atoms with E-state index in [2.05, 4.69) is 5.32 Å². The van der Waals surface area contributed by atoms with Crippen LogP contribution >= 0.6 is 12.2 Å². The van der Waals surface area contributed by atoms with Gasteiger partial charge in [0.05, 0.1) is 0 Å². The molecule has 1 fully saturated rings. The molecule has 0 aromatic heterocycles.